The molecule has 29 heavy (non-hydrogen) atoms. The molecule has 2 aliphatic carbocycles. The van der Waals surface area contributed by atoms with Gasteiger partial charge in [-0.1, -0.05) is 43.0 Å². The van der Waals surface area contributed by atoms with Gasteiger partial charge in [-0.25, -0.2) is 4.68 Å². The largest absolute Gasteiger partial charge is 0.394 e. The van der Waals surface area contributed by atoms with E-state index in [-0.39, 0.29) is 18.7 Å². The molecule has 4 rings (SSSR count). The number of fused-ring (bicyclic) bond motifs is 3. The van der Waals surface area contributed by atoms with Crippen molar-refractivity contribution in [2.45, 2.75) is 37.4 Å². The van der Waals surface area contributed by atoms with Gasteiger partial charge < -0.3 is 16.2 Å². The third kappa shape index (κ3) is 3.75. The molecular formula is C22H27N5O2. The first-order valence-electron chi connectivity index (χ1n) is 10.1. The van der Waals surface area contributed by atoms with Gasteiger partial charge in [-0.15, -0.1) is 0 Å². The van der Waals surface area contributed by atoms with Crippen LogP contribution in [0.1, 0.15) is 58.3 Å². The molecule has 1 amide bonds. The molecule has 1 fully saturated rings. The maximum Gasteiger partial charge on any atom is 0.272 e. The van der Waals surface area contributed by atoms with Crippen molar-refractivity contribution in [2.24, 2.45) is 16.6 Å². The number of carbonyl (C=O) groups is 1. The predicted molar refractivity (Wildman–Crippen MR) is 112 cm³/mol. The molecular weight excluding hydrogens is 366 g/mol. The molecule has 1 aromatic carbocycles. The fourth-order valence-electron chi connectivity index (χ4n) is 4.29. The van der Waals surface area contributed by atoms with Crippen LogP contribution in [0.25, 0.3) is 0 Å². The standard InChI is InChI=1S/C22H27N5O2/c1-2-10-24-19(12-23)27-21-16(9-8-15-11-17(15)21)20(26-27)22(29)25-18(13-28)14-6-4-3-5-7-14/h2-7,10,15,17-19,28H,1,8-9,11-13,23H2,(H,25,29)/b24-10-/t15-,17+,18-,19?/m1/s1. The SMILES string of the molecule is C=C/C=N\C(CN)n1nc(C(=O)N[C@H](CO)c2ccccc2)c2c1[C@H]1C[C@H]1CC2. The maximum absolute atomic E-state index is 13.1. The van der Waals surface area contributed by atoms with Crippen LogP contribution in [0.5, 0.6) is 0 Å². The van der Waals surface area contributed by atoms with Crippen LogP contribution < -0.4 is 11.1 Å². The van der Waals surface area contributed by atoms with Crippen LogP contribution in [0.3, 0.4) is 0 Å². The Labute approximate surface area is 170 Å². The molecule has 0 saturated heterocycles. The zero-order chi connectivity index (χ0) is 20.4. The highest BCUT2D eigenvalue weighted by Crippen LogP contribution is 2.55. The van der Waals surface area contributed by atoms with Gasteiger partial charge in [-0.05, 0) is 30.7 Å². The van der Waals surface area contributed by atoms with Gasteiger partial charge in [0.05, 0.1) is 12.6 Å². The van der Waals surface area contributed by atoms with Gasteiger partial charge in [0.2, 0.25) is 0 Å². The van der Waals surface area contributed by atoms with Crippen LogP contribution in [0.15, 0.2) is 48.0 Å². The molecule has 152 valence electrons. The van der Waals surface area contributed by atoms with E-state index in [1.165, 1.54) is 0 Å². The number of hydrogen-bond donors (Lipinski definition) is 3. The quantitative estimate of drug-likeness (QED) is 0.597. The Bertz CT molecular complexity index is 921. The van der Waals surface area contributed by atoms with Crippen molar-refractivity contribution in [2.75, 3.05) is 13.2 Å². The molecule has 0 aliphatic heterocycles. The number of aromatic nitrogens is 2. The highest BCUT2D eigenvalue weighted by atomic mass is 16.3. The molecule has 1 heterocycles. The van der Waals surface area contributed by atoms with Crippen LogP contribution >= 0.6 is 0 Å². The third-order valence-electron chi connectivity index (χ3n) is 5.85. The second-order valence-corrected chi connectivity index (χ2v) is 7.67. The number of benzene rings is 1. The predicted octanol–water partition coefficient (Wildman–Crippen LogP) is 2.11. The lowest BCUT2D eigenvalue weighted by molar-refractivity contribution is 0.0909. The molecule has 4 atom stereocenters. The molecule has 2 aliphatic rings. The number of rotatable bonds is 8. The summed E-state index contributed by atoms with van der Waals surface area (Å²) in [6.07, 6.45) is 5.91. The summed E-state index contributed by atoms with van der Waals surface area (Å²) in [6, 6.07) is 8.97. The number of aliphatic imine (C=N–C) groups is 1. The van der Waals surface area contributed by atoms with Crippen LogP contribution in [0.2, 0.25) is 0 Å². The van der Waals surface area contributed by atoms with E-state index in [9.17, 15) is 9.90 Å². The van der Waals surface area contributed by atoms with E-state index in [2.05, 4.69) is 22.0 Å². The fourth-order valence-corrected chi connectivity index (χ4v) is 4.29. The molecule has 0 radical (unpaired) electrons. The number of hydrogen-bond acceptors (Lipinski definition) is 5. The van der Waals surface area contributed by atoms with Gasteiger partial charge >= 0.3 is 0 Å². The fraction of sp³-hybridized carbons (Fsp3) is 0.409. The van der Waals surface area contributed by atoms with Gasteiger partial charge in [0.15, 0.2) is 11.9 Å². The molecule has 2 aromatic rings. The number of nitrogens with zero attached hydrogens (tertiary/aromatic N) is 3. The van der Waals surface area contributed by atoms with Crippen molar-refractivity contribution in [1.29, 1.82) is 0 Å². The minimum atomic E-state index is -0.481. The van der Waals surface area contributed by atoms with E-state index >= 15 is 0 Å². The van der Waals surface area contributed by atoms with Crippen LogP contribution in [-0.2, 0) is 6.42 Å². The average molecular weight is 393 g/mol. The van der Waals surface area contributed by atoms with E-state index in [4.69, 9.17) is 5.73 Å². The number of aliphatic hydroxyl groups excluding tert-OH is 1. The summed E-state index contributed by atoms with van der Waals surface area (Å²) in [6.45, 7) is 3.78. The minimum absolute atomic E-state index is 0.182. The Kier molecular flexibility index (Phi) is 5.60. The number of allylic oxidation sites excluding steroid dienone is 1. The van der Waals surface area contributed by atoms with E-state index in [0.717, 1.165) is 36.1 Å². The third-order valence-corrected chi connectivity index (χ3v) is 5.85. The van der Waals surface area contributed by atoms with E-state index in [1.807, 2.05) is 35.0 Å². The lowest BCUT2D eigenvalue weighted by atomic mass is 9.95. The highest BCUT2D eigenvalue weighted by molar-refractivity contribution is 5.94. The highest BCUT2D eigenvalue weighted by Gasteiger charge is 2.47. The van der Waals surface area contributed by atoms with Crippen LogP contribution in [0.4, 0.5) is 0 Å². The first-order chi connectivity index (χ1) is 14.2. The van der Waals surface area contributed by atoms with Gasteiger partial charge in [0.25, 0.3) is 5.91 Å². The Morgan fingerprint density at radius 1 is 1.45 bits per heavy atom. The second-order valence-electron chi connectivity index (χ2n) is 7.67. The van der Waals surface area contributed by atoms with Crippen molar-refractivity contribution < 1.29 is 9.90 Å². The molecule has 1 saturated carbocycles. The molecule has 1 aromatic heterocycles. The van der Waals surface area contributed by atoms with Crippen molar-refractivity contribution in [3.8, 4) is 0 Å². The number of aliphatic hydroxyl groups is 1. The molecule has 4 N–H and O–H groups in total. The number of amides is 1. The summed E-state index contributed by atoms with van der Waals surface area (Å²) >= 11 is 0. The summed E-state index contributed by atoms with van der Waals surface area (Å²) in [7, 11) is 0. The average Bonchev–Trinajstić information content (AvgIpc) is 3.45. The van der Waals surface area contributed by atoms with Crippen LogP contribution in [-0.4, -0.2) is 40.2 Å². The van der Waals surface area contributed by atoms with Crippen molar-refractivity contribution in [1.82, 2.24) is 15.1 Å². The number of nitrogens with one attached hydrogen (secondary N) is 1. The molecule has 7 nitrogen and oxygen atoms in total. The first kappa shape index (κ1) is 19.5. The lowest BCUT2D eigenvalue weighted by Crippen LogP contribution is -2.32. The van der Waals surface area contributed by atoms with Gasteiger partial charge in [-0.2, -0.15) is 5.10 Å². The van der Waals surface area contributed by atoms with Crippen molar-refractivity contribution in [3.05, 3.63) is 65.5 Å². The Hall–Kier alpha value is -2.77. The molecule has 7 heteroatoms. The summed E-state index contributed by atoms with van der Waals surface area (Å²) in [5.74, 6) is 0.833. The second kappa shape index (κ2) is 8.31. The van der Waals surface area contributed by atoms with Crippen LogP contribution in [0, 0.1) is 5.92 Å². The number of nitrogens with two attached hydrogens (primary N) is 1. The Morgan fingerprint density at radius 3 is 2.93 bits per heavy atom. The van der Waals surface area contributed by atoms with Gasteiger partial charge in [0.1, 0.15) is 0 Å². The van der Waals surface area contributed by atoms with E-state index in [1.54, 1.807) is 12.3 Å². The zero-order valence-corrected chi connectivity index (χ0v) is 16.4. The van der Waals surface area contributed by atoms with Crippen molar-refractivity contribution in [3.63, 3.8) is 0 Å². The van der Waals surface area contributed by atoms with Crippen molar-refractivity contribution >= 4 is 12.1 Å². The molecule has 0 spiro atoms. The normalized spacial score (nSPS) is 21.9. The van der Waals surface area contributed by atoms with Gasteiger partial charge in [0, 0.05) is 29.9 Å². The minimum Gasteiger partial charge on any atom is -0.394 e. The van der Waals surface area contributed by atoms with Gasteiger partial charge in [-0.3, -0.25) is 9.79 Å². The number of carbonyl (C=O) groups excluding carboxylic acids is 1. The maximum atomic E-state index is 13.1. The Morgan fingerprint density at radius 2 is 2.24 bits per heavy atom. The first-order valence-corrected chi connectivity index (χ1v) is 10.1. The zero-order valence-electron chi connectivity index (χ0n) is 16.4. The van der Waals surface area contributed by atoms with E-state index in [0.29, 0.717) is 24.1 Å². The monoisotopic (exact) mass is 393 g/mol. The topological polar surface area (TPSA) is 106 Å². The smallest absolute Gasteiger partial charge is 0.272 e. The Balaban J connectivity index is 1.67. The van der Waals surface area contributed by atoms with E-state index < -0.39 is 6.04 Å². The summed E-state index contributed by atoms with van der Waals surface area (Å²) in [5.41, 5.74) is 9.34. The molecule has 0 bridgehead atoms. The summed E-state index contributed by atoms with van der Waals surface area (Å²) in [5, 5.41) is 17.4. The lowest BCUT2D eigenvalue weighted by Gasteiger charge is -2.18. The molecule has 1 unspecified atom stereocenters. The summed E-state index contributed by atoms with van der Waals surface area (Å²) < 4.78 is 1.84. The summed E-state index contributed by atoms with van der Waals surface area (Å²) in [4.78, 5) is 17.6.